The smallest absolute Gasteiger partial charge is 0.226 e. The number of methoxy groups -OCH3 is 2. The van der Waals surface area contributed by atoms with E-state index in [0.29, 0.717) is 23.8 Å². The van der Waals surface area contributed by atoms with Crippen molar-refractivity contribution in [3.8, 4) is 22.1 Å². The summed E-state index contributed by atoms with van der Waals surface area (Å²) in [5.41, 5.74) is 1.74. The van der Waals surface area contributed by atoms with Crippen LogP contribution in [0.1, 0.15) is 18.5 Å². The summed E-state index contributed by atoms with van der Waals surface area (Å²) < 4.78 is 10.6. The zero-order valence-electron chi connectivity index (χ0n) is 15.2. The molecule has 1 amide bonds. The first-order chi connectivity index (χ1) is 12.7. The van der Waals surface area contributed by atoms with Gasteiger partial charge in [-0.05, 0) is 50.0 Å². The second-order valence-electron chi connectivity index (χ2n) is 6.41. The average molecular weight is 375 g/mol. The molecule has 1 aliphatic rings. The number of ether oxygens (including phenoxy) is 2. The van der Waals surface area contributed by atoms with Crippen molar-refractivity contribution in [1.29, 1.82) is 0 Å². The molecule has 0 aliphatic carbocycles. The van der Waals surface area contributed by atoms with E-state index >= 15 is 0 Å². The highest BCUT2D eigenvalue weighted by atomic mass is 32.1. The standard InChI is InChI=1S/C19H25N3O3S/c1-24-16-6-5-14(8-17(16)25-2)19-22-15(12-26-19)9-18(23)21-11-13-4-3-7-20-10-13/h5-6,8,12-13,20H,3-4,7,9-11H2,1-2H3,(H,21,23). The van der Waals surface area contributed by atoms with Gasteiger partial charge in [-0.2, -0.15) is 0 Å². The molecular formula is C19H25N3O3S. The van der Waals surface area contributed by atoms with Crippen LogP contribution in [0.15, 0.2) is 23.6 Å². The number of nitrogens with zero attached hydrogens (tertiary/aromatic N) is 1. The fourth-order valence-electron chi connectivity index (χ4n) is 3.07. The van der Waals surface area contributed by atoms with E-state index in [9.17, 15) is 4.79 Å². The molecule has 0 radical (unpaired) electrons. The Labute approximate surface area is 157 Å². The van der Waals surface area contributed by atoms with Crippen molar-refractivity contribution in [3.63, 3.8) is 0 Å². The predicted molar refractivity (Wildman–Crippen MR) is 103 cm³/mol. The summed E-state index contributed by atoms with van der Waals surface area (Å²) in [6.45, 7) is 2.81. The second-order valence-corrected chi connectivity index (χ2v) is 7.27. The minimum absolute atomic E-state index is 0.0275. The van der Waals surface area contributed by atoms with Crippen LogP contribution in [-0.4, -0.2) is 44.7 Å². The lowest BCUT2D eigenvalue weighted by atomic mass is 10.00. The summed E-state index contributed by atoms with van der Waals surface area (Å²) in [5.74, 6) is 1.91. The van der Waals surface area contributed by atoms with Crippen LogP contribution >= 0.6 is 11.3 Å². The lowest BCUT2D eigenvalue weighted by molar-refractivity contribution is -0.120. The first-order valence-corrected chi connectivity index (χ1v) is 9.71. The van der Waals surface area contributed by atoms with Gasteiger partial charge in [0, 0.05) is 17.5 Å². The topological polar surface area (TPSA) is 72.5 Å². The van der Waals surface area contributed by atoms with Gasteiger partial charge in [-0.1, -0.05) is 0 Å². The summed E-state index contributed by atoms with van der Waals surface area (Å²) in [7, 11) is 3.22. The van der Waals surface area contributed by atoms with Gasteiger partial charge in [-0.25, -0.2) is 4.98 Å². The molecule has 2 N–H and O–H groups in total. The SMILES string of the molecule is COc1ccc(-c2nc(CC(=O)NCC3CCCNC3)cs2)cc1OC. The molecule has 2 heterocycles. The number of hydrogen-bond acceptors (Lipinski definition) is 6. The minimum Gasteiger partial charge on any atom is -0.493 e. The fourth-order valence-corrected chi connectivity index (χ4v) is 3.89. The first-order valence-electron chi connectivity index (χ1n) is 8.84. The lowest BCUT2D eigenvalue weighted by Crippen LogP contribution is -2.38. The molecule has 0 spiro atoms. The number of nitrogens with one attached hydrogen (secondary N) is 2. The number of thiazole rings is 1. The zero-order valence-corrected chi connectivity index (χ0v) is 16.0. The Morgan fingerprint density at radius 3 is 2.92 bits per heavy atom. The highest BCUT2D eigenvalue weighted by Gasteiger charge is 2.15. The van der Waals surface area contributed by atoms with Crippen LogP contribution in [0.5, 0.6) is 11.5 Å². The zero-order chi connectivity index (χ0) is 18.4. The van der Waals surface area contributed by atoms with Crippen LogP contribution in [0.4, 0.5) is 0 Å². The van der Waals surface area contributed by atoms with Crippen LogP contribution in [0.3, 0.4) is 0 Å². The molecule has 1 aromatic heterocycles. The number of piperidine rings is 1. The molecule has 1 fully saturated rings. The molecule has 2 aromatic rings. The maximum atomic E-state index is 12.2. The number of benzene rings is 1. The van der Waals surface area contributed by atoms with E-state index in [1.165, 1.54) is 24.2 Å². The monoisotopic (exact) mass is 375 g/mol. The van der Waals surface area contributed by atoms with Crippen LogP contribution in [0, 0.1) is 5.92 Å². The summed E-state index contributed by atoms with van der Waals surface area (Å²) >= 11 is 1.53. The van der Waals surface area contributed by atoms with Crippen LogP contribution in [-0.2, 0) is 11.2 Å². The second kappa shape index (κ2) is 9.00. The predicted octanol–water partition coefficient (Wildman–Crippen LogP) is 2.49. The Bertz CT molecular complexity index is 741. The number of amides is 1. The van der Waals surface area contributed by atoms with Gasteiger partial charge in [0.1, 0.15) is 5.01 Å². The van der Waals surface area contributed by atoms with Crippen molar-refractivity contribution >= 4 is 17.2 Å². The van der Waals surface area contributed by atoms with E-state index in [4.69, 9.17) is 9.47 Å². The average Bonchev–Trinajstić information content (AvgIpc) is 3.15. The van der Waals surface area contributed by atoms with Gasteiger partial charge in [0.2, 0.25) is 5.91 Å². The van der Waals surface area contributed by atoms with Gasteiger partial charge in [0.25, 0.3) is 0 Å². The fraction of sp³-hybridized carbons (Fsp3) is 0.474. The van der Waals surface area contributed by atoms with Crippen molar-refractivity contribution in [3.05, 3.63) is 29.3 Å². The van der Waals surface area contributed by atoms with Crippen molar-refractivity contribution in [1.82, 2.24) is 15.6 Å². The third-order valence-electron chi connectivity index (χ3n) is 4.51. The molecule has 1 unspecified atom stereocenters. The van der Waals surface area contributed by atoms with Crippen molar-refractivity contribution in [2.45, 2.75) is 19.3 Å². The third kappa shape index (κ3) is 4.74. The molecule has 7 heteroatoms. The Hall–Kier alpha value is -2.12. The maximum absolute atomic E-state index is 12.2. The van der Waals surface area contributed by atoms with Crippen LogP contribution in [0.2, 0.25) is 0 Å². The lowest BCUT2D eigenvalue weighted by Gasteiger charge is -2.22. The summed E-state index contributed by atoms with van der Waals surface area (Å²) in [5, 5.41) is 9.20. The summed E-state index contributed by atoms with van der Waals surface area (Å²) in [6, 6.07) is 5.71. The third-order valence-corrected chi connectivity index (χ3v) is 5.45. The van der Waals surface area contributed by atoms with Crippen LogP contribution < -0.4 is 20.1 Å². The minimum atomic E-state index is 0.0275. The quantitative estimate of drug-likeness (QED) is 0.778. The number of carbonyl (C=O) groups excluding carboxylic acids is 1. The first kappa shape index (κ1) is 18.7. The highest BCUT2D eigenvalue weighted by molar-refractivity contribution is 7.13. The van der Waals surface area contributed by atoms with Gasteiger partial charge in [0.15, 0.2) is 11.5 Å². The van der Waals surface area contributed by atoms with Crippen molar-refractivity contribution in [2.75, 3.05) is 33.9 Å². The Balaban J connectivity index is 1.58. The number of aromatic nitrogens is 1. The Morgan fingerprint density at radius 1 is 1.35 bits per heavy atom. The van der Waals surface area contributed by atoms with E-state index in [1.807, 2.05) is 23.6 Å². The van der Waals surface area contributed by atoms with Gasteiger partial charge < -0.3 is 20.1 Å². The highest BCUT2D eigenvalue weighted by Crippen LogP contribution is 2.33. The molecule has 1 atom stereocenters. The van der Waals surface area contributed by atoms with Gasteiger partial charge in [-0.15, -0.1) is 11.3 Å². The van der Waals surface area contributed by atoms with Gasteiger partial charge in [0.05, 0.1) is 26.3 Å². The molecule has 1 aromatic carbocycles. The Morgan fingerprint density at radius 2 is 2.19 bits per heavy atom. The molecule has 140 valence electrons. The van der Waals surface area contributed by atoms with Gasteiger partial charge >= 0.3 is 0 Å². The number of rotatable bonds is 7. The molecule has 0 saturated carbocycles. The molecular weight excluding hydrogens is 350 g/mol. The van der Waals surface area contributed by atoms with E-state index in [-0.39, 0.29) is 5.91 Å². The maximum Gasteiger partial charge on any atom is 0.226 e. The summed E-state index contributed by atoms with van der Waals surface area (Å²) in [4.78, 5) is 16.8. The van der Waals surface area contributed by atoms with E-state index in [0.717, 1.165) is 35.9 Å². The van der Waals surface area contributed by atoms with Crippen LogP contribution in [0.25, 0.3) is 10.6 Å². The van der Waals surface area contributed by atoms with E-state index in [1.54, 1.807) is 14.2 Å². The molecule has 0 bridgehead atoms. The summed E-state index contributed by atoms with van der Waals surface area (Å²) in [6.07, 6.45) is 2.67. The molecule has 26 heavy (non-hydrogen) atoms. The molecule has 6 nitrogen and oxygen atoms in total. The molecule has 3 rings (SSSR count). The normalized spacial score (nSPS) is 16.9. The largest absolute Gasteiger partial charge is 0.493 e. The van der Waals surface area contributed by atoms with Crippen molar-refractivity contribution in [2.24, 2.45) is 5.92 Å². The molecule has 1 saturated heterocycles. The van der Waals surface area contributed by atoms with Gasteiger partial charge in [-0.3, -0.25) is 4.79 Å². The molecule has 1 aliphatic heterocycles. The van der Waals surface area contributed by atoms with E-state index in [2.05, 4.69) is 15.6 Å². The van der Waals surface area contributed by atoms with E-state index < -0.39 is 0 Å². The Kier molecular flexibility index (Phi) is 6.46. The van der Waals surface area contributed by atoms with Crippen molar-refractivity contribution < 1.29 is 14.3 Å². The number of carbonyl (C=O) groups is 1. The number of hydrogen-bond donors (Lipinski definition) is 2.